The average molecular weight is 431 g/mol. The van der Waals surface area contributed by atoms with Crippen LogP contribution in [0.3, 0.4) is 0 Å². The highest BCUT2D eigenvalue weighted by atomic mass is 16.2. The summed E-state index contributed by atoms with van der Waals surface area (Å²) >= 11 is 0. The molecule has 0 saturated carbocycles. The Bertz CT molecular complexity index is 1110. The summed E-state index contributed by atoms with van der Waals surface area (Å²) in [6.45, 7) is 0.0156. The van der Waals surface area contributed by atoms with Gasteiger partial charge < -0.3 is 20.4 Å². The Balaban J connectivity index is 1.61. The number of carbonyl (C=O) groups is 3. The van der Waals surface area contributed by atoms with Gasteiger partial charge in [-0.25, -0.2) is 0 Å². The molecular weight excluding hydrogens is 404 g/mol. The van der Waals surface area contributed by atoms with E-state index in [1.165, 1.54) is 4.90 Å². The van der Waals surface area contributed by atoms with Crippen LogP contribution in [0.15, 0.2) is 78.9 Å². The number of anilines is 3. The highest BCUT2D eigenvalue weighted by Gasteiger charge is 2.14. The summed E-state index contributed by atoms with van der Waals surface area (Å²) < 4.78 is 0. The molecule has 2 N–H and O–H groups in total. The molecule has 0 saturated heterocycles. The van der Waals surface area contributed by atoms with E-state index >= 15 is 0 Å². The number of nitrogens with one attached hydrogen (secondary N) is 2. The lowest BCUT2D eigenvalue weighted by atomic mass is 10.1. The molecule has 3 aromatic carbocycles. The van der Waals surface area contributed by atoms with Crippen LogP contribution in [-0.4, -0.2) is 50.3 Å². The number of benzene rings is 3. The van der Waals surface area contributed by atoms with Crippen LogP contribution in [0, 0.1) is 0 Å². The zero-order chi connectivity index (χ0) is 23.1. The summed E-state index contributed by atoms with van der Waals surface area (Å²) in [6, 6.07) is 23.1. The summed E-state index contributed by atoms with van der Waals surface area (Å²) in [6.07, 6.45) is 0. The van der Waals surface area contributed by atoms with E-state index in [4.69, 9.17) is 0 Å². The van der Waals surface area contributed by atoms with Gasteiger partial charge in [0.1, 0.15) is 0 Å². The highest BCUT2D eigenvalue weighted by Crippen LogP contribution is 2.18. The lowest BCUT2D eigenvalue weighted by Crippen LogP contribution is -2.26. The zero-order valence-corrected chi connectivity index (χ0v) is 18.3. The molecule has 3 rings (SSSR count). The van der Waals surface area contributed by atoms with E-state index in [0.717, 1.165) is 5.69 Å². The molecule has 0 fully saturated rings. The van der Waals surface area contributed by atoms with Crippen molar-refractivity contribution < 1.29 is 14.4 Å². The van der Waals surface area contributed by atoms with Crippen LogP contribution in [0.2, 0.25) is 0 Å². The van der Waals surface area contributed by atoms with Gasteiger partial charge in [-0.05, 0) is 48.5 Å². The number of carbonyl (C=O) groups excluding carboxylic acids is 3. The largest absolute Gasteiger partial charge is 0.376 e. The summed E-state index contributed by atoms with van der Waals surface area (Å²) in [5.74, 6) is -0.553. The molecule has 32 heavy (non-hydrogen) atoms. The minimum absolute atomic E-state index is 0.0156. The van der Waals surface area contributed by atoms with E-state index in [9.17, 15) is 14.4 Å². The van der Waals surface area contributed by atoms with Crippen molar-refractivity contribution in [3.63, 3.8) is 0 Å². The Morgan fingerprint density at radius 1 is 0.719 bits per heavy atom. The van der Waals surface area contributed by atoms with Gasteiger partial charge in [-0.15, -0.1) is 0 Å². The zero-order valence-electron chi connectivity index (χ0n) is 18.3. The van der Waals surface area contributed by atoms with E-state index in [1.54, 1.807) is 74.6 Å². The van der Waals surface area contributed by atoms with Gasteiger partial charge in [0, 0.05) is 49.3 Å². The van der Waals surface area contributed by atoms with Gasteiger partial charge in [-0.1, -0.05) is 30.3 Å². The molecular formula is C25H26N4O3. The summed E-state index contributed by atoms with van der Waals surface area (Å²) in [5.41, 5.74) is 2.99. The van der Waals surface area contributed by atoms with Gasteiger partial charge in [-0.2, -0.15) is 0 Å². The number of amides is 3. The maximum atomic E-state index is 12.8. The second-order valence-electron chi connectivity index (χ2n) is 7.46. The Labute approximate surface area is 187 Å². The fourth-order valence-electron chi connectivity index (χ4n) is 3.10. The van der Waals surface area contributed by atoms with Crippen LogP contribution in [0.5, 0.6) is 0 Å². The van der Waals surface area contributed by atoms with Crippen molar-refractivity contribution in [2.75, 3.05) is 43.2 Å². The third-order valence-electron chi connectivity index (χ3n) is 4.81. The molecule has 0 aliphatic carbocycles. The highest BCUT2D eigenvalue weighted by molar-refractivity contribution is 6.06. The molecule has 0 radical (unpaired) electrons. The first kappa shape index (κ1) is 22.6. The van der Waals surface area contributed by atoms with E-state index < -0.39 is 0 Å². The molecule has 0 aliphatic rings. The number of rotatable bonds is 7. The van der Waals surface area contributed by atoms with Gasteiger partial charge >= 0.3 is 0 Å². The molecule has 0 aromatic heterocycles. The van der Waals surface area contributed by atoms with Gasteiger partial charge in [0.15, 0.2) is 0 Å². The minimum atomic E-state index is -0.268. The summed E-state index contributed by atoms with van der Waals surface area (Å²) in [7, 11) is 5.08. The van der Waals surface area contributed by atoms with Gasteiger partial charge in [0.05, 0.1) is 6.54 Å². The molecule has 7 nitrogen and oxygen atoms in total. The smallest absolute Gasteiger partial charge is 0.258 e. The van der Waals surface area contributed by atoms with E-state index in [1.807, 2.05) is 30.3 Å². The molecule has 3 amide bonds. The van der Waals surface area contributed by atoms with E-state index in [0.29, 0.717) is 22.5 Å². The van der Waals surface area contributed by atoms with Crippen LogP contribution in [0.25, 0.3) is 0 Å². The monoisotopic (exact) mass is 430 g/mol. The Morgan fingerprint density at radius 2 is 1.31 bits per heavy atom. The molecule has 0 unspecified atom stereocenters. The van der Waals surface area contributed by atoms with Gasteiger partial charge in [0.25, 0.3) is 11.8 Å². The van der Waals surface area contributed by atoms with Crippen molar-refractivity contribution in [2.45, 2.75) is 0 Å². The topological polar surface area (TPSA) is 81.8 Å². The maximum absolute atomic E-state index is 12.8. The van der Waals surface area contributed by atoms with Crippen LogP contribution < -0.4 is 15.5 Å². The second-order valence-corrected chi connectivity index (χ2v) is 7.46. The quantitative estimate of drug-likeness (QED) is 0.599. The van der Waals surface area contributed by atoms with Crippen LogP contribution in [0.1, 0.15) is 20.7 Å². The van der Waals surface area contributed by atoms with E-state index in [2.05, 4.69) is 10.6 Å². The first-order chi connectivity index (χ1) is 15.3. The fraction of sp³-hybridized carbons (Fsp3) is 0.160. The molecule has 0 aliphatic heterocycles. The van der Waals surface area contributed by atoms with Crippen LogP contribution in [-0.2, 0) is 4.79 Å². The lowest BCUT2D eigenvalue weighted by molar-refractivity contribution is -0.114. The fourth-order valence-corrected chi connectivity index (χ4v) is 3.10. The Morgan fingerprint density at radius 3 is 1.97 bits per heavy atom. The van der Waals surface area contributed by atoms with Crippen molar-refractivity contribution in [1.82, 2.24) is 4.90 Å². The van der Waals surface area contributed by atoms with Crippen molar-refractivity contribution >= 4 is 34.8 Å². The molecule has 164 valence electrons. The molecule has 0 spiro atoms. The minimum Gasteiger partial charge on any atom is -0.376 e. The molecule has 7 heteroatoms. The number of para-hydroxylation sites is 1. The Hall–Kier alpha value is -4.13. The average Bonchev–Trinajstić information content (AvgIpc) is 2.82. The standard InChI is InChI=1S/C25H26N4O3/c1-28(2)24(31)18-9-7-11-20(15-18)26-17-23(30)27-21-12-8-10-19(16-21)25(32)29(3)22-13-5-4-6-14-22/h4-16,26H,17H2,1-3H3,(H,27,30). The third kappa shape index (κ3) is 5.72. The molecule has 0 heterocycles. The predicted molar refractivity (Wildman–Crippen MR) is 127 cm³/mol. The van der Waals surface area contributed by atoms with Crippen LogP contribution in [0.4, 0.5) is 17.1 Å². The first-order valence-corrected chi connectivity index (χ1v) is 10.1. The van der Waals surface area contributed by atoms with Crippen molar-refractivity contribution in [3.05, 3.63) is 90.0 Å². The number of hydrogen-bond acceptors (Lipinski definition) is 4. The summed E-state index contributed by atoms with van der Waals surface area (Å²) in [4.78, 5) is 40.3. The second kappa shape index (κ2) is 10.3. The van der Waals surface area contributed by atoms with Crippen molar-refractivity contribution in [2.24, 2.45) is 0 Å². The molecule has 0 atom stereocenters. The SMILES string of the molecule is CN(C)C(=O)c1cccc(NCC(=O)Nc2cccc(C(=O)N(C)c3ccccc3)c2)c1. The van der Waals surface area contributed by atoms with Crippen molar-refractivity contribution in [3.8, 4) is 0 Å². The number of hydrogen-bond donors (Lipinski definition) is 2. The predicted octanol–water partition coefficient (Wildman–Crippen LogP) is 3.72. The lowest BCUT2D eigenvalue weighted by Gasteiger charge is -2.18. The first-order valence-electron chi connectivity index (χ1n) is 10.1. The van der Waals surface area contributed by atoms with Gasteiger partial charge in [-0.3, -0.25) is 14.4 Å². The molecule has 3 aromatic rings. The Kier molecular flexibility index (Phi) is 7.23. The maximum Gasteiger partial charge on any atom is 0.258 e. The van der Waals surface area contributed by atoms with Crippen LogP contribution >= 0.6 is 0 Å². The third-order valence-corrected chi connectivity index (χ3v) is 4.81. The van der Waals surface area contributed by atoms with E-state index in [-0.39, 0.29) is 24.3 Å². The summed E-state index contributed by atoms with van der Waals surface area (Å²) in [5, 5.41) is 5.81. The van der Waals surface area contributed by atoms with Gasteiger partial charge in [0.2, 0.25) is 5.91 Å². The molecule has 0 bridgehead atoms. The number of nitrogens with zero attached hydrogens (tertiary/aromatic N) is 2. The normalized spacial score (nSPS) is 10.2. The van der Waals surface area contributed by atoms with Crippen molar-refractivity contribution in [1.29, 1.82) is 0 Å².